The molecule has 1 aromatic carbocycles. The highest BCUT2D eigenvalue weighted by atomic mass is 79.9. The fourth-order valence-electron chi connectivity index (χ4n) is 3.15. The van der Waals surface area contributed by atoms with Crippen molar-refractivity contribution in [2.75, 3.05) is 26.2 Å². The van der Waals surface area contributed by atoms with Crippen molar-refractivity contribution >= 4 is 44.1 Å². The minimum absolute atomic E-state index is 0.110. The molecule has 3 heterocycles. The standard InChI is InChI=1S/C19H17BrN2O3S/c20-17-6-5-14(26-17)12-21-7-9-22(10-8-21)18(23)15-11-13-3-1-2-4-16(13)25-19(15)24/h1-6,11H,7-10,12H2. The van der Waals surface area contributed by atoms with Gasteiger partial charge in [0.15, 0.2) is 0 Å². The molecule has 1 aliphatic heterocycles. The third-order valence-corrected chi connectivity index (χ3v) is 6.15. The number of fused-ring (bicyclic) bond motifs is 1. The summed E-state index contributed by atoms with van der Waals surface area (Å²) < 4.78 is 6.42. The second kappa shape index (κ2) is 7.34. The number of benzene rings is 1. The summed E-state index contributed by atoms with van der Waals surface area (Å²) in [5, 5.41) is 0.761. The Balaban J connectivity index is 1.45. The van der Waals surface area contributed by atoms with Crippen molar-refractivity contribution in [3.8, 4) is 0 Å². The van der Waals surface area contributed by atoms with E-state index in [0.29, 0.717) is 18.7 Å². The van der Waals surface area contributed by atoms with E-state index in [1.807, 2.05) is 12.1 Å². The van der Waals surface area contributed by atoms with Crippen LogP contribution >= 0.6 is 27.3 Å². The van der Waals surface area contributed by atoms with E-state index < -0.39 is 5.63 Å². The van der Waals surface area contributed by atoms with Gasteiger partial charge < -0.3 is 9.32 Å². The Labute approximate surface area is 163 Å². The topological polar surface area (TPSA) is 53.8 Å². The lowest BCUT2D eigenvalue weighted by molar-refractivity contribution is 0.0625. The maximum atomic E-state index is 12.8. The van der Waals surface area contributed by atoms with Gasteiger partial charge in [0.1, 0.15) is 11.1 Å². The normalized spacial score (nSPS) is 15.5. The molecule has 4 rings (SSSR count). The number of carbonyl (C=O) groups excluding carboxylic acids is 1. The first-order valence-electron chi connectivity index (χ1n) is 8.39. The summed E-state index contributed by atoms with van der Waals surface area (Å²) in [6.07, 6.45) is 0. The summed E-state index contributed by atoms with van der Waals surface area (Å²) in [6, 6.07) is 13.0. The number of para-hydroxylation sites is 1. The summed E-state index contributed by atoms with van der Waals surface area (Å²) >= 11 is 5.21. The van der Waals surface area contributed by atoms with Crippen molar-refractivity contribution < 1.29 is 9.21 Å². The van der Waals surface area contributed by atoms with Crippen molar-refractivity contribution in [1.29, 1.82) is 0 Å². The van der Waals surface area contributed by atoms with Crippen LogP contribution in [0.4, 0.5) is 0 Å². The number of hydrogen-bond donors (Lipinski definition) is 0. The molecule has 134 valence electrons. The average Bonchev–Trinajstić information content (AvgIpc) is 3.06. The van der Waals surface area contributed by atoms with Gasteiger partial charge in [-0.1, -0.05) is 18.2 Å². The summed E-state index contributed by atoms with van der Waals surface area (Å²) in [5.74, 6) is -0.247. The monoisotopic (exact) mass is 432 g/mol. The van der Waals surface area contributed by atoms with E-state index in [-0.39, 0.29) is 11.5 Å². The van der Waals surface area contributed by atoms with Gasteiger partial charge in [0.2, 0.25) is 0 Å². The lowest BCUT2D eigenvalue weighted by Gasteiger charge is -2.34. The Hall–Kier alpha value is -1.96. The van der Waals surface area contributed by atoms with Gasteiger partial charge in [-0.15, -0.1) is 11.3 Å². The zero-order valence-corrected chi connectivity index (χ0v) is 16.4. The van der Waals surface area contributed by atoms with Gasteiger partial charge in [-0.2, -0.15) is 0 Å². The quantitative estimate of drug-likeness (QED) is 0.593. The Morgan fingerprint density at radius 1 is 1.12 bits per heavy atom. The van der Waals surface area contributed by atoms with Gasteiger partial charge >= 0.3 is 5.63 Å². The molecule has 1 fully saturated rings. The molecule has 1 amide bonds. The number of piperazine rings is 1. The van der Waals surface area contributed by atoms with Crippen LogP contribution in [0.2, 0.25) is 0 Å². The number of amides is 1. The smallest absolute Gasteiger partial charge is 0.349 e. The second-order valence-electron chi connectivity index (χ2n) is 6.26. The first-order chi connectivity index (χ1) is 12.6. The number of thiophene rings is 1. The van der Waals surface area contributed by atoms with Crippen LogP contribution in [0, 0.1) is 0 Å². The largest absolute Gasteiger partial charge is 0.422 e. The molecule has 0 unspecified atom stereocenters. The van der Waals surface area contributed by atoms with Gasteiger partial charge in [0.25, 0.3) is 5.91 Å². The molecule has 7 heteroatoms. The fourth-order valence-corrected chi connectivity index (χ4v) is 4.67. The second-order valence-corrected chi connectivity index (χ2v) is 8.81. The number of carbonyl (C=O) groups is 1. The van der Waals surface area contributed by atoms with E-state index in [0.717, 1.165) is 28.8 Å². The number of rotatable bonds is 3. The highest BCUT2D eigenvalue weighted by Gasteiger charge is 2.25. The molecule has 0 atom stereocenters. The first kappa shape index (κ1) is 17.5. The predicted octanol–water partition coefficient (Wildman–Crippen LogP) is 3.58. The van der Waals surface area contributed by atoms with Gasteiger partial charge in [-0.25, -0.2) is 4.79 Å². The summed E-state index contributed by atoms with van der Waals surface area (Å²) in [4.78, 5) is 30.3. The van der Waals surface area contributed by atoms with Gasteiger partial charge in [-0.3, -0.25) is 9.69 Å². The van der Waals surface area contributed by atoms with Crippen molar-refractivity contribution in [3.63, 3.8) is 0 Å². The van der Waals surface area contributed by atoms with Crippen LogP contribution in [0.1, 0.15) is 15.2 Å². The average molecular weight is 433 g/mol. The maximum absolute atomic E-state index is 12.8. The van der Waals surface area contributed by atoms with Gasteiger partial charge in [0, 0.05) is 43.0 Å². The molecule has 3 aromatic rings. The van der Waals surface area contributed by atoms with E-state index in [9.17, 15) is 9.59 Å². The van der Waals surface area contributed by atoms with Crippen LogP contribution < -0.4 is 5.63 Å². The highest BCUT2D eigenvalue weighted by molar-refractivity contribution is 9.11. The molecule has 0 spiro atoms. The van der Waals surface area contributed by atoms with Gasteiger partial charge in [-0.05, 0) is 40.2 Å². The fraction of sp³-hybridized carbons (Fsp3) is 0.263. The molecule has 0 N–H and O–H groups in total. The van der Waals surface area contributed by atoms with E-state index in [4.69, 9.17) is 4.42 Å². The van der Waals surface area contributed by atoms with E-state index in [1.165, 1.54) is 4.88 Å². The summed E-state index contributed by atoms with van der Waals surface area (Å²) in [5.41, 5.74) is 0.0416. The molecule has 0 radical (unpaired) electrons. The summed E-state index contributed by atoms with van der Waals surface area (Å²) in [7, 11) is 0. The van der Waals surface area contributed by atoms with E-state index in [2.05, 4.69) is 33.0 Å². The molecule has 2 aromatic heterocycles. The third kappa shape index (κ3) is 3.60. The molecule has 0 aliphatic carbocycles. The number of halogens is 1. The molecule has 0 saturated carbocycles. The van der Waals surface area contributed by atoms with Crippen LogP contribution in [0.25, 0.3) is 11.0 Å². The number of nitrogens with zero attached hydrogens (tertiary/aromatic N) is 2. The molecular formula is C19H17BrN2O3S. The van der Waals surface area contributed by atoms with E-state index >= 15 is 0 Å². The molecule has 1 saturated heterocycles. The Morgan fingerprint density at radius 3 is 2.62 bits per heavy atom. The zero-order valence-electron chi connectivity index (χ0n) is 14.0. The molecule has 1 aliphatic rings. The van der Waals surface area contributed by atoms with Crippen LogP contribution in [0.5, 0.6) is 0 Å². The van der Waals surface area contributed by atoms with Crippen molar-refractivity contribution in [2.24, 2.45) is 0 Å². The van der Waals surface area contributed by atoms with Crippen molar-refractivity contribution in [3.05, 3.63) is 67.1 Å². The van der Waals surface area contributed by atoms with Crippen LogP contribution in [-0.2, 0) is 6.54 Å². The van der Waals surface area contributed by atoms with Crippen LogP contribution in [0.3, 0.4) is 0 Å². The van der Waals surface area contributed by atoms with Crippen molar-refractivity contribution in [2.45, 2.75) is 6.54 Å². The Kier molecular flexibility index (Phi) is 4.93. The zero-order chi connectivity index (χ0) is 18.1. The Bertz CT molecular complexity index is 1010. The molecule has 0 bridgehead atoms. The minimum atomic E-state index is -0.570. The lowest BCUT2D eigenvalue weighted by atomic mass is 10.1. The predicted molar refractivity (Wildman–Crippen MR) is 106 cm³/mol. The highest BCUT2D eigenvalue weighted by Crippen LogP contribution is 2.23. The molecule has 26 heavy (non-hydrogen) atoms. The first-order valence-corrected chi connectivity index (χ1v) is 10.00. The SMILES string of the molecule is O=C(c1cc2ccccc2oc1=O)N1CCN(Cc2ccc(Br)s2)CC1. The maximum Gasteiger partial charge on any atom is 0.349 e. The third-order valence-electron chi connectivity index (χ3n) is 4.54. The Morgan fingerprint density at radius 2 is 1.88 bits per heavy atom. The lowest BCUT2D eigenvalue weighted by Crippen LogP contribution is -2.48. The van der Waals surface area contributed by atoms with E-state index in [1.54, 1.807) is 34.4 Å². The van der Waals surface area contributed by atoms with Crippen molar-refractivity contribution in [1.82, 2.24) is 9.80 Å². The summed E-state index contributed by atoms with van der Waals surface area (Å²) in [6.45, 7) is 3.69. The van der Waals surface area contributed by atoms with Gasteiger partial charge in [0.05, 0.1) is 3.79 Å². The van der Waals surface area contributed by atoms with Crippen LogP contribution in [0.15, 0.2) is 55.5 Å². The molecular weight excluding hydrogens is 416 g/mol. The van der Waals surface area contributed by atoms with Crippen LogP contribution in [-0.4, -0.2) is 41.9 Å². The minimum Gasteiger partial charge on any atom is -0.422 e. The molecule has 5 nitrogen and oxygen atoms in total. The number of hydrogen-bond acceptors (Lipinski definition) is 5.